The molecule has 1 rings (SSSR count). The molecule has 0 saturated heterocycles. The number of halogens is 2. The number of nitrogens with one attached hydrogen (secondary N) is 2. The van der Waals surface area contributed by atoms with Crippen molar-refractivity contribution in [2.75, 3.05) is 13.1 Å². The zero-order valence-corrected chi connectivity index (χ0v) is 11.4. The van der Waals surface area contributed by atoms with Crippen LogP contribution in [0.25, 0.3) is 0 Å². The van der Waals surface area contributed by atoms with Crippen LogP contribution >= 0.6 is 23.2 Å². The molecule has 17 heavy (non-hydrogen) atoms. The van der Waals surface area contributed by atoms with Gasteiger partial charge in [0.15, 0.2) is 0 Å². The average Bonchev–Trinajstić information content (AvgIpc) is 2.27. The molecule has 2 N–H and O–H groups in total. The summed E-state index contributed by atoms with van der Waals surface area (Å²) in [4.78, 5) is 11.8. The van der Waals surface area contributed by atoms with Crippen LogP contribution in [-0.2, 0) is 0 Å². The molecule has 94 valence electrons. The van der Waals surface area contributed by atoms with Crippen LogP contribution in [-0.4, -0.2) is 25.0 Å². The van der Waals surface area contributed by atoms with Crippen molar-refractivity contribution in [3.8, 4) is 0 Å². The quantitative estimate of drug-likeness (QED) is 0.811. The third-order valence-corrected chi connectivity index (χ3v) is 2.70. The smallest absolute Gasteiger partial charge is 0.252 e. The van der Waals surface area contributed by atoms with Gasteiger partial charge in [-0.1, -0.05) is 37.0 Å². The summed E-state index contributed by atoms with van der Waals surface area (Å²) in [6.07, 6.45) is 0. The van der Waals surface area contributed by atoms with Gasteiger partial charge in [0.2, 0.25) is 0 Å². The molecule has 5 heteroatoms. The molecule has 0 unspecified atom stereocenters. The highest BCUT2D eigenvalue weighted by Crippen LogP contribution is 2.20. The minimum absolute atomic E-state index is 0.206. The van der Waals surface area contributed by atoms with Crippen LogP contribution in [0.4, 0.5) is 0 Å². The molecule has 0 heterocycles. The van der Waals surface area contributed by atoms with E-state index in [-0.39, 0.29) is 5.91 Å². The summed E-state index contributed by atoms with van der Waals surface area (Å²) < 4.78 is 0. The van der Waals surface area contributed by atoms with Crippen molar-refractivity contribution in [2.45, 2.75) is 19.9 Å². The van der Waals surface area contributed by atoms with E-state index < -0.39 is 0 Å². The van der Waals surface area contributed by atoms with Gasteiger partial charge >= 0.3 is 0 Å². The van der Waals surface area contributed by atoms with Crippen LogP contribution in [0.3, 0.4) is 0 Å². The largest absolute Gasteiger partial charge is 0.351 e. The van der Waals surface area contributed by atoms with Crippen molar-refractivity contribution in [1.29, 1.82) is 0 Å². The first-order valence-electron chi connectivity index (χ1n) is 5.47. The van der Waals surface area contributed by atoms with E-state index in [1.54, 1.807) is 18.2 Å². The number of rotatable bonds is 5. The van der Waals surface area contributed by atoms with Crippen molar-refractivity contribution < 1.29 is 4.79 Å². The van der Waals surface area contributed by atoms with Gasteiger partial charge in [0.1, 0.15) is 0 Å². The van der Waals surface area contributed by atoms with E-state index in [9.17, 15) is 4.79 Å². The zero-order chi connectivity index (χ0) is 12.8. The predicted octanol–water partition coefficient (Wildman–Crippen LogP) is 2.72. The van der Waals surface area contributed by atoms with Crippen LogP contribution in [0.2, 0.25) is 10.0 Å². The van der Waals surface area contributed by atoms with Crippen LogP contribution in [0.15, 0.2) is 18.2 Å². The molecule has 1 aromatic carbocycles. The predicted molar refractivity (Wildman–Crippen MR) is 71.9 cm³/mol. The molecule has 0 aliphatic carbocycles. The highest BCUT2D eigenvalue weighted by Gasteiger charge is 2.10. The molecule has 0 fully saturated rings. The van der Waals surface area contributed by atoms with Gasteiger partial charge in [0, 0.05) is 24.2 Å². The summed E-state index contributed by atoms with van der Waals surface area (Å²) >= 11 is 11.7. The summed E-state index contributed by atoms with van der Waals surface area (Å²) in [7, 11) is 0. The lowest BCUT2D eigenvalue weighted by Gasteiger charge is -2.10. The number of hydrogen-bond donors (Lipinski definition) is 2. The molecule has 0 atom stereocenters. The van der Waals surface area contributed by atoms with E-state index in [0.29, 0.717) is 28.2 Å². The van der Waals surface area contributed by atoms with Crippen LogP contribution in [0, 0.1) is 0 Å². The fraction of sp³-hybridized carbons (Fsp3) is 0.417. The lowest BCUT2D eigenvalue weighted by Crippen LogP contribution is -2.34. The minimum Gasteiger partial charge on any atom is -0.351 e. The molecular formula is C12H16Cl2N2O. The van der Waals surface area contributed by atoms with Gasteiger partial charge in [-0.2, -0.15) is 0 Å². The Hall–Kier alpha value is -0.770. The standard InChI is InChI=1S/C12H16Cl2N2O/c1-8(2)15-5-6-16-12(17)10-7-9(13)3-4-11(10)14/h3-4,7-8,15H,5-6H2,1-2H3,(H,16,17). The maximum Gasteiger partial charge on any atom is 0.252 e. The lowest BCUT2D eigenvalue weighted by atomic mass is 10.2. The molecule has 0 spiro atoms. The molecule has 1 amide bonds. The van der Waals surface area contributed by atoms with E-state index in [0.717, 1.165) is 6.54 Å². The molecule has 3 nitrogen and oxygen atoms in total. The SMILES string of the molecule is CC(C)NCCNC(=O)c1cc(Cl)ccc1Cl. The van der Waals surface area contributed by atoms with Crippen LogP contribution < -0.4 is 10.6 Å². The van der Waals surface area contributed by atoms with Gasteiger partial charge < -0.3 is 10.6 Å². The highest BCUT2D eigenvalue weighted by atomic mass is 35.5. The first-order chi connectivity index (χ1) is 8.00. The van der Waals surface area contributed by atoms with Gasteiger partial charge in [-0.15, -0.1) is 0 Å². The maximum absolute atomic E-state index is 11.8. The van der Waals surface area contributed by atoms with Crippen molar-refractivity contribution >= 4 is 29.1 Å². The van der Waals surface area contributed by atoms with Crippen molar-refractivity contribution in [2.24, 2.45) is 0 Å². The third-order valence-electron chi connectivity index (χ3n) is 2.14. The summed E-state index contributed by atoms with van der Waals surface area (Å²) in [6, 6.07) is 5.24. The van der Waals surface area contributed by atoms with Gasteiger partial charge in [-0.3, -0.25) is 4.79 Å². The van der Waals surface area contributed by atoms with E-state index in [1.807, 2.05) is 0 Å². The van der Waals surface area contributed by atoms with Crippen molar-refractivity contribution in [3.05, 3.63) is 33.8 Å². The molecule has 0 saturated carbocycles. The van der Waals surface area contributed by atoms with E-state index in [2.05, 4.69) is 24.5 Å². The zero-order valence-electron chi connectivity index (χ0n) is 9.89. The Balaban J connectivity index is 2.49. The van der Waals surface area contributed by atoms with E-state index in [4.69, 9.17) is 23.2 Å². The average molecular weight is 275 g/mol. The summed E-state index contributed by atoms with van der Waals surface area (Å²) in [5.74, 6) is -0.206. The maximum atomic E-state index is 11.8. The Labute approximate surface area is 111 Å². The number of benzene rings is 1. The minimum atomic E-state index is -0.206. The monoisotopic (exact) mass is 274 g/mol. The van der Waals surface area contributed by atoms with E-state index >= 15 is 0 Å². The number of amides is 1. The van der Waals surface area contributed by atoms with Gasteiger partial charge in [-0.25, -0.2) is 0 Å². The third kappa shape index (κ3) is 4.94. The summed E-state index contributed by atoms with van der Waals surface area (Å²) in [6.45, 7) is 5.38. The topological polar surface area (TPSA) is 41.1 Å². The molecular weight excluding hydrogens is 259 g/mol. The van der Waals surface area contributed by atoms with Crippen molar-refractivity contribution in [3.63, 3.8) is 0 Å². The number of carbonyl (C=O) groups is 1. The Morgan fingerprint density at radius 2 is 2.00 bits per heavy atom. The molecule has 0 aromatic heterocycles. The second-order valence-corrected chi connectivity index (χ2v) is 4.83. The Bertz CT molecular complexity index is 394. The first-order valence-corrected chi connectivity index (χ1v) is 6.23. The second-order valence-electron chi connectivity index (χ2n) is 3.99. The molecule has 0 aliphatic rings. The molecule has 1 aromatic rings. The highest BCUT2D eigenvalue weighted by molar-refractivity contribution is 6.35. The molecule has 0 aliphatic heterocycles. The normalized spacial score (nSPS) is 10.6. The van der Waals surface area contributed by atoms with Gasteiger partial charge in [0.05, 0.1) is 10.6 Å². The Morgan fingerprint density at radius 3 is 2.65 bits per heavy atom. The number of hydrogen-bond acceptors (Lipinski definition) is 2. The van der Waals surface area contributed by atoms with Gasteiger partial charge in [-0.05, 0) is 18.2 Å². The second kappa shape index (κ2) is 6.84. The van der Waals surface area contributed by atoms with Crippen LogP contribution in [0.5, 0.6) is 0 Å². The molecule has 0 bridgehead atoms. The van der Waals surface area contributed by atoms with Gasteiger partial charge in [0.25, 0.3) is 5.91 Å². The van der Waals surface area contributed by atoms with E-state index in [1.165, 1.54) is 0 Å². The summed E-state index contributed by atoms with van der Waals surface area (Å²) in [5, 5.41) is 6.89. The lowest BCUT2D eigenvalue weighted by molar-refractivity contribution is 0.0954. The van der Waals surface area contributed by atoms with Crippen molar-refractivity contribution in [1.82, 2.24) is 10.6 Å². The Kier molecular flexibility index (Phi) is 5.75. The van der Waals surface area contributed by atoms with Crippen LogP contribution in [0.1, 0.15) is 24.2 Å². The first kappa shape index (κ1) is 14.3. The fourth-order valence-corrected chi connectivity index (χ4v) is 1.68. The fourth-order valence-electron chi connectivity index (χ4n) is 1.30. The summed E-state index contributed by atoms with van der Waals surface area (Å²) in [5.41, 5.74) is 0.406. The molecule has 0 radical (unpaired) electrons. The number of carbonyl (C=O) groups excluding carboxylic acids is 1. The Morgan fingerprint density at radius 1 is 1.29 bits per heavy atom.